The lowest BCUT2D eigenvalue weighted by Gasteiger charge is -2.20. The molecule has 5 nitrogen and oxygen atoms in total. The lowest BCUT2D eigenvalue weighted by molar-refractivity contribution is -0.120. The van der Waals surface area contributed by atoms with Crippen LogP contribution in [0.25, 0.3) is 10.2 Å². The van der Waals surface area contributed by atoms with Gasteiger partial charge in [-0.1, -0.05) is 48.3 Å². The number of hydrogen-bond acceptors (Lipinski definition) is 4. The van der Waals surface area contributed by atoms with Crippen molar-refractivity contribution in [3.63, 3.8) is 0 Å². The third-order valence-electron chi connectivity index (χ3n) is 5.17. The number of carbonyl (C=O) groups excluding carboxylic acids is 2. The van der Waals surface area contributed by atoms with Crippen molar-refractivity contribution in [3.8, 4) is 0 Å². The summed E-state index contributed by atoms with van der Waals surface area (Å²) in [6.45, 7) is 1.99. The summed E-state index contributed by atoms with van der Waals surface area (Å²) < 4.78 is 0.967. The van der Waals surface area contributed by atoms with Gasteiger partial charge in [-0.05, 0) is 50.1 Å². The number of aryl methyl sites for hydroxylation is 1. The Morgan fingerprint density at radius 3 is 2.50 bits per heavy atom. The van der Waals surface area contributed by atoms with E-state index in [0.717, 1.165) is 47.2 Å². The Hall–Kier alpha value is -2.73. The van der Waals surface area contributed by atoms with Crippen LogP contribution in [0, 0.1) is 12.8 Å². The molecule has 144 valence electrons. The first-order valence-corrected chi connectivity index (χ1v) is 10.5. The highest BCUT2D eigenvalue weighted by molar-refractivity contribution is 7.22. The van der Waals surface area contributed by atoms with Crippen LogP contribution < -0.4 is 10.6 Å². The van der Waals surface area contributed by atoms with Gasteiger partial charge in [-0.25, -0.2) is 4.98 Å². The van der Waals surface area contributed by atoms with Gasteiger partial charge in [-0.15, -0.1) is 0 Å². The first-order chi connectivity index (χ1) is 13.6. The summed E-state index contributed by atoms with van der Waals surface area (Å²) in [6, 6.07) is 13.1. The lowest BCUT2D eigenvalue weighted by atomic mass is 9.88. The number of carbonyl (C=O) groups is 2. The Kier molecular flexibility index (Phi) is 5.39. The molecule has 3 aromatic rings. The number of nitrogens with zero attached hydrogens (tertiary/aromatic N) is 1. The molecule has 2 aromatic carbocycles. The summed E-state index contributed by atoms with van der Waals surface area (Å²) in [7, 11) is 0. The van der Waals surface area contributed by atoms with E-state index in [-0.39, 0.29) is 17.7 Å². The van der Waals surface area contributed by atoms with Gasteiger partial charge in [-0.3, -0.25) is 14.9 Å². The number of fused-ring (bicyclic) bond motifs is 1. The van der Waals surface area contributed by atoms with Gasteiger partial charge >= 0.3 is 0 Å². The van der Waals surface area contributed by atoms with Crippen molar-refractivity contribution in [2.24, 2.45) is 5.92 Å². The molecule has 2 N–H and O–H groups in total. The van der Waals surface area contributed by atoms with E-state index < -0.39 is 0 Å². The average molecular weight is 394 g/mol. The number of benzene rings is 2. The summed E-state index contributed by atoms with van der Waals surface area (Å²) in [4.78, 5) is 29.3. The SMILES string of the molecule is Cc1ccc(C(=O)Nc2nc3cc(NC(=O)C4CCCCC4)ccc3s2)cc1. The quantitative estimate of drug-likeness (QED) is 0.625. The molecule has 1 fully saturated rings. The first kappa shape index (κ1) is 18.6. The Bertz CT molecular complexity index is 1000. The Labute approximate surface area is 168 Å². The van der Waals surface area contributed by atoms with Gasteiger partial charge in [0.1, 0.15) is 0 Å². The van der Waals surface area contributed by atoms with Gasteiger partial charge in [0, 0.05) is 17.2 Å². The number of hydrogen-bond donors (Lipinski definition) is 2. The van der Waals surface area contributed by atoms with Crippen LogP contribution in [0.5, 0.6) is 0 Å². The minimum Gasteiger partial charge on any atom is -0.326 e. The molecule has 0 radical (unpaired) electrons. The lowest BCUT2D eigenvalue weighted by Crippen LogP contribution is -2.24. The molecule has 6 heteroatoms. The Morgan fingerprint density at radius 2 is 1.75 bits per heavy atom. The monoisotopic (exact) mass is 393 g/mol. The fourth-order valence-corrected chi connectivity index (χ4v) is 4.38. The summed E-state index contributed by atoms with van der Waals surface area (Å²) in [5.74, 6) is 0.0382. The highest BCUT2D eigenvalue weighted by atomic mass is 32.1. The van der Waals surface area contributed by atoms with Crippen molar-refractivity contribution in [1.82, 2.24) is 4.98 Å². The maximum atomic E-state index is 12.4. The second-order valence-corrected chi connectivity index (χ2v) is 8.38. The number of thiazole rings is 1. The van der Waals surface area contributed by atoms with E-state index in [9.17, 15) is 9.59 Å². The maximum Gasteiger partial charge on any atom is 0.257 e. The van der Waals surface area contributed by atoms with Gasteiger partial charge in [-0.2, -0.15) is 0 Å². The highest BCUT2D eigenvalue weighted by Gasteiger charge is 2.21. The number of amides is 2. The fourth-order valence-electron chi connectivity index (χ4n) is 3.54. The summed E-state index contributed by atoms with van der Waals surface area (Å²) in [5.41, 5.74) is 3.24. The van der Waals surface area contributed by atoms with Crippen LogP contribution in [-0.4, -0.2) is 16.8 Å². The minimum atomic E-state index is -0.176. The highest BCUT2D eigenvalue weighted by Crippen LogP contribution is 2.30. The van der Waals surface area contributed by atoms with Crippen LogP contribution in [0.2, 0.25) is 0 Å². The molecule has 1 aliphatic carbocycles. The molecule has 4 rings (SSSR count). The van der Waals surface area contributed by atoms with E-state index >= 15 is 0 Å². The van der Waals surface area contributed by atoms with Crippen LogP contribution >= 0.6 is 11.3 Å². The molecule has 0 saturated heterocycles. The van der Waals surface area contributed by atoms with Gasteiger partial charge in [0.25, 0.3) is 5.91 Å². The third kappa shape index (κ3) is 4.22. The first-order valence-electron chi connectivity index (χ1n) is 9.68. The molecule has 1 saturated carbocycles. The number of nitrogens with one attached hydrogen (secondary N) is 2. The molecule has 1 aromatic heterocycles. The van der Waals surface area contributed by atoms with Gasteiger partial charge in [0.05, 0.1) is 10.2 Å². The van der Waals surface area contributed by atoms with Crippen LogP contribution in [0.1, 0.15) is 48.0 Å². The maximum absolute atomic E-state index is 12.4. The van der Waals surface area contributed by atoms with Crippen molar-refractivity contribution in [3.05, 3.63) is 53.6 Å². The predicted octanol–water partition coefficient (Wildman–Crippen LogP) is 5.38. The van der Waals surface area contributed by atoms with Gasteiger partial charge in [0.15, 0.2) is 5.13 Å². The smallest absolute Gasteiger partial charge is 0.257 e. The zero-order valence-corrected chi connectivity index (χ0v) is 16.6. The third-order valence-corrected chi connectivity index (χ3v) is 6.12. The van der Waals surface area contributed by atoms with Crippen molar-refractivity contribution in [1.29, 1.82) is 0 Å². The Morgan fingerprint density at radius 1 is 1.00 bits per heavy atom. The molecule has 1 aliphatic rings. The molecule has 0 atom stereocenters. The molecular weight excluding hydrogens is 370 g/mol. The van der Waals surface area contributed by atoms with E-state index in [4.69, 9.17) is 0 Å². The molecule has 1 heterocycles. The van der Waals surface area contributed by atoms with E-state index in [1.807, 2.05) is 37.3 Å². The van der Waals surface area contributed by atoms with Crippen molar-refractivity contribution >= 4 is 44.2 Å². The van der Waals surface area contributed by atoms with Crippen LogP contribution in [-0.2, 0) is 4.79 Å². The second kappa shape index (κ2) is 8.10. The fraction of sp³-hybridized carbons (Fsp3) is 0.318. The number of anilines is 2. The summed E-state index contributed by atoms with van der Waals surface area (Å²) in [5, 5.41) is 6.44. The molecule has 0 aliphatic heterocycles. The zero-order valence-electron chi connectivity index (χ0n) is 15.8. The molecule has 2 amide bonds. The summed E-state index contributed by atoms with van der Waals surface area (Å²) in [6.07, 6.45) is 5.44. The van der Waals surface area contributed by atoms with Gasteiger partial charge < -0.3 is 5.32 Å². The minimum absolute atomic E-state index is 0.0992. The van der Waals surface area contributed by atoms with Crippen molar-refractivity contribution < 1.29 is 9.59 Å². The van der Waals surface area contributed by atoms with Crippen molar-refractivity contribution in [2.45, 2.75) is 39.0 Å². The normalized spacial score (nSPS) is 14.8. The molecular formula is C22H23N3O2S. The average Bonchev–Trinajstić information content (AvgIpc) is 3.10. The number of rotatable bonds is 4. The van der Waals surface area contributed by atoms with Crippen molar-refractivity contribution in [2.75, 3.05) is 10.6 Å². The number of aromatic nitrogens is 1. The van der Waals surface area contributed by atoms with E-state index in [0.29, 0.717) is 10.7 Å². The second-order valence-electron chi connectivity index (χ2n) is 7.35. The van der Waals surface area contributed by atoms with Crippen LogP contribution in [0.3, 0.4) is 0 Å². The summed E-state index contributed by atoms with van der Waals surface area (Å²) >= 11 is 1.42. The molecule has 0 spiro atoms. The van der Waals surface area contributed by atoms with E-state index in [1.54, 1.807) is 12.1 Å². The van der Waals surface area contributed by atoms with E-state index in [2.05, 4.69) is 15.6 Å². The molecule has 0 bridgehead atoms. The standard InChI is InChI=1S/C22H23N3O2S/c1-14-7-9-16(10-8-14)21(27)25-22-24-18-13-17(11-12-19(18)28-22)23-20(26)15-5-3-2-4-6-15/h7-13,15H,2-6H2,1H3,(H,23,26)(H,24,25,27). The van der Waals surface area contributed by atoms with E-state index in [1.165, 1.54) is 17.8 Å². The molecule has 28 heavy (non-hydrogen) atoms. The zero-order chi connectivity index (χ0) is 19.5. The van der Waals surface area contributed by atoms with Crippen LogP contribution in [0.4, 0.5) is 10.8 Å². The van der Waals surface area contributed by atoms with Crippen LogP contribution in [0.15, 0.2) is 42.5 Å². The van der Waals surface area contributed by atoms with Gasteiger partial charge in [0.2, 0.25) is 5.91 Å². The molecule has 0 unspecified atom stereocenters. The Balaban J connectivity index is 1.46. The predicted molar refractivity (Wildman–Crippen MR) is 114 cm³/mol. The topological polar surface area (TPSA) is 71.1 Å². The largest absolute Gasteiger partial charge is 0.326 e.